The summed E-state index contributed by atoms with van der Waals surface area (Å²) in [7, 11) is 0. The van der Waals surface area contributed by atoms with Gasteiger partial charge in [-0.3, -0.25) is 4.79 Å². The van der Waals surface area contributed by atoms with Crippen molar-refractivity contribution < 1.29 is 4.79 Å². The van der Waals surface area contributed by atoms with Gasteiger partial charge in [-0.05, 0) is 24.6 Å². The molecule has 7 heteroatoms. The summed E-state index contributed by atoms with van der Waals surface area (Å²) >= 11 is 7.27. The summed E-state index contributed by atoms with van der Waals surface area (Å²) in [5.41, 5.74) is 0.969. The number of thioether (sulfide) groups is 1. The van der Waals surface area contributed by atoms with Gasteiger partial charge in [0.05, 0.1) is 5.75 Å². The van der Waals surface area contributed by atoms with Crippen LogP contribution in [0.1, 0.15) is 11.4 Å². The summed E-state index contributed by atoms with van der Waals surface area (Å²) < 4.78 is 1.92. The molecule has 0 saturated heterocycles. The van der Waals surface area contributed by atoms with E-state index in [1.165, 1.54) is 11.8 Å². The van der Waals surface area contributed by atoms with E-state index in [9.17, 15) is 4.79 Å². The van der Waals surface area contributed by atoms with Crippen LogP contribution in [0.15, 0.2) is 42.1 Å². The monoisotopic (exact) mass is 336 g/mol. The van der Waals surface area contributed by atoms with Gasteiger partial charge < -0.3 is 9.88 Å². The van der Waals surface area contributed by atoms with Crippen molar-refractivity contribution in [3.8, 4) is 0 Å². The molecule has 0 aliphatic heterocycles. The molecule has 1 heterocycles. The summed E-state index contributed by atoms with van der Waals surface area (Å²) in [6.45, 7) is 6.67. The second-order valence-corrected chi connectivity index (χ2v) is 6.00. The average Bonchev–Trinajstić information content (AvgIpc) is 2.84. The Kier molecular flexibility index (Phi) is 6.03. The third-order valence-electron chi connectivity index (χ3n) is 2.92. The predicted octanol–water partition coefficient (Wildman–Crippen LogP) is 2.83. The van der Waals surface area contributed by atoms with Crippen molar-refractivity contribution in [2.75, 3.05) is 5.75 Å². The molecule has 5 nitrogen and oxygen atoms in total. The smallest absolute Gasteiger partial charge is 0.230 e. The number of carbonyl (C=O) groups excluding carboxylic acids is 1. The van der Waals surface area contributed by atoms with Crippen LogP contribution in [0, 0.1) is 6.92 Å². The van der Waals surface area contributed by atoms with Gasteiger partial charge in [-0.2, -0.15) is 0 Å². The minimum atomic E-state index is -0.0595. The number of nitrogens with one attached hydrogen (secondary N) is 1. The van der Waals surface area contributed by atoms with Gasteiger partial charge in [0.2, 0.25) is 5.91 Å². The molecule has 0 radical (unpaired) electrons. The van der Waals surface area contributed by atoms with E-state index in [2.05, 4.69) is 22.1 Å². The lowest BCUT2D eigenvalue weighted by Crippen LogP contribution is -2.24. The molecule has 1 amide bonds. The number of nitrogens with zero attached hydrogens (tertiary/aromatic N) is 3. The Morgan fingerprint density at radius 2 is 2.32 bits per heavy atom. The van der Waals surface area contributed by atoms with Crippen LogP contribution in [0.3, 0.4) is 0 Å². The quantitative estimate of drug-likeness (QED) is 0.624. The van der Waals surface area contributed by atoms with Crippen molar-refractivity contribution >= 4 is 29.3 Å². The van der Waals surface area contributed by atoms with Gasteiger partial charge in [-0.15, -0.1) is 16.8 Å². The first-order chi connectivity index (χ1) is 10.6. The predicted molar refractivity (Wildman–Crippen MR) is 89.0 cm³/mol. The molecule has 1 N–H and O–H groups in total. The van der Waals surface area contributed by atoms with Gasteiger partial charge in [0.15, 0.2) is 5.16 Å². The first-order valence-electron chi connectivity index (χ1n) is 6.75. The molecule has 2 aromatic rings. The molecule has 22 heavy (non-hydrogen) atoms. The third-order valence-corrected chi connectivity index (χ3v) is 4.13. The van der Waals surface area contributed by atoms with Gasteiger partial charge in [0.1, 0.15) is 5.82 Å². The van der Waals surface area contributed by atoms with Crippen molar-refractivity contribution in [3.63, 3.8) is 0 Å². The zero-order chi connectivity index (χ0) is 15.9. The molecular formula is C15H17ClN4OS. The molecule has 0 bridgehead atoms. The maximum atomic E-state index is 11.9. The number of rotatable bonds is 7. The number of aromatic nitrogens is 3. The Morgan fingerprint density at radius 3 is 3.05 bits per heavy atom. The van der Waals surface area contributed by atoms with Gasteiger partial charge in [0, 0.05) is 18.1 Å². The highest BCUT2D eigenvalue weighted by Crippen LogP contribution is 2.16. The molecule has 1 aromatic carbocycles. The second-order valence-electron chi connectivity index (χ2n) is 4.62. The fourth-order valence-electron chi connectivity index (χ4n) is 1.84. The maximum Gasteiger partial charge on any atom is 0.230 e. The van der Waals surface area contributed by atoms with Crippen LogP contribution in [0.5, 0.6) is 0 Å². The molecule has 0 aliphatic rings. The van der Waals surface area contributed by atoms with E-state index in [1.807, 2.05) is 29.7 Å². The summed E-state index contributed by atoms with van der Waals surface area (Å²) in [4.78, 5) is 11.9. The fourth-order valence-corrected chi connectivity index (χ4v) is 2.87. The van der Waals surface area contributed by atoms with Crippen LogP contribution in [-0.4, -0.2) is 26.4 Å². The number of carbonyl (C=O) groups is 1. The van der Waals surface area contributed by atoms with E-state index in [0.717, 1.165) is 16.5 Å². The van der Waals surface area contributed by atoms with Crippen LogP contribution >= 0.6 is 23.4 Å². The number of allylic oxidation sites excluding steroid dienone is 1. The molecule has 0 atom stereocenters. The Morgan fingerprint density at radius 1 is 1.50 bits per heavy atom. The molecule has 0 spiro atoms. The molecular weight excluding hydrogens is 320 g/mol. The Labute approximate surface area is 138 Å². The lowest BCUT2D eigenvalue weighted by Gasteiger charge is -2.07. The highest BCUT2D eigenvalue weighted by molar-refractivity contribution is 7.99. The molecule has 116 valence electrons. The minimum absolute atomic E-state index is 0.0595. The molecule has 1 aromatic heterocycles. The average molecular weight is 337 g/mol. The van der Waals surface area contributed by atoms with Gasteiger partial charge in [-0.1, -0.05) is 41.6 Å². The summed E-state index contributed by atoms with van der Waals surface area (Å²) in [5, 5.41) is 12.3. The van der Waals surface area contributed by atoms with Crippen molar-refractivity contribution in [2.24, 2.45) is 0 Å². The van der Waals surface area contributed by atoms with Crippen LogP contribution in [0.25, 0.3) is 0 Å². The van der Waals surface area contributed by atoms with Gasteiger partial charge in [-0.25, -0.2) is 0 Å². The van der Waals surface area contributed by atoms with E-state index >= 15 is 0 Å². The highest BCUT2D eigenvalue weighted by atomic mass is 35.5. The summed E-state index contributed by atoms with van der Waals surface area (Å²) in [6, 6.07) is 7.42. The van der Waals surface area contributed by atoms with Crippen LogP contribution in [-0.2, 0) is 17.9 Å². The van der Waals surface area contributed by atoms with Crippen molar-refractivity contribution in [3.05, 3.63) is 53.3 Å². The highest BCUT2D eigenvalue weighted by Gasteiger charge is 2.10. The van der Waals surface area contributed by atoms with Crippen LogP contribution < -0.4 is 5.32 Å². The number of amides is 1. The van der Waals surface area contributed by atoms with Crippen molar-refractivity contribution in [1.29, 1.82) is 0 Å². The third kappa shape index (κ3) is 4.61. The Hall–Kier alpha value is -1.79. The van der Waals surface area contributed by atoms with Crippen molar-refractivity contribution in [2.45, 2.75) is 25.2 Å². The van der Waals surface area contributed by atoms with Crippen LogP contribution in [0.4, 0.5) is 0 Å². The number of halogens is 1. The molecule has 0 aliphatic carbocycles. The second kappa shape index (κ2) is 8.00. The van der Waals surface area contributed by atoms with Crippen LogP contribution in [0.2, 0.25) is 5.02 Å². The zero-order valence-electron chi connectivity index (χ0n) is 12.3. The first kappa shape index (κ1) is 16.6. The topological polar surface area (TPSA) is 59.8 Å². The fraction of sp³-hybridized carbons (Fsp3) is 0.267. The minimum Gasteiger partial charge on any atom is -0.351 e. The van der Waals surface area contributed by atoms with E-state index in [0.29, 0.717) is 18.1 Å². The van der Waals surface area contributed by atoms with E-state index in [1.54, 1.807) is 12.1 Å². The maximum absolute atomic E-state index is 11.9. The number of aryl methyl sites for hydroxylation is 1. The standard InChI is InChI=1S/C15H17ClN4OS/c1-3-7-20-11(2)18-19-15(20)22-10-14(21)17-9-12-5-4-6-13(16)8-12/h3-6,8H,1,7,9-10H2,2H3,(H,17,21). The van der Waals surface area contributed by atoms with Crippen molar-refractivity contribution in [1.82, 2.24) is 20.1 Å². The Bertz CT molecular complexity index is 671. The lowest BCUT2D eigenvalue weighted by molar-refractivity contribution is -0.118. The summed E-state index contributed by atoms with van der Waals surface area (Å²) in [5.74, 6) is 1.04. The molecule has 0 fully saturated rings. The van der Waals surface area contributed by atoms with E-state index in [-0.39, 0.29) is 11.7 Å². The largest absolute Gasteiger partial charge is 0.351 e. The number of hydrogen-bond acceptors (Lipinski definition) is 4. The zero-order valence-corrected chi connectivity index (χ0v) is 13.8. The van der Waals surface area contributed by atoms with E-state index < -0.39 is 0 Å². The molecule has 2 rings (SSSR count). The van der Waals surface area contributed by atoms with Gasteiger partial charge in [0.25, 0.3) is 0 Å². The number of hydrogen-bond donors (Lipinski definition) is 1. The van der Waals surface area contributed by atoms with E-state index in [4.69, 9.17) is 11.6 Å². The Balaban J connectivity index is 1.84. The first-order valence-corrected chi connectivity index (χ1v) is 8.11. The number of benzene rings is 1. The summed E-state index contributed by atoms with van der Waals surface area (Å²) in [6.07, 6.45) is 1.78. The normalized spacial score (nSPS) is 10.5. The van der Waals surface area contributed by atoms with Gasteiger partial charge >= 0.3 is 0 Å². The molecule has 0 unspecified atom stereocenters. The SMILES string of the molecule is C=CCn1c(C)nnc1SCC(=O)NCc1cccc(Cl)c1. The lowest BCUT2D eigenvalue weighted by atomic mass is 10.2. The molecule has 0 saturated carbocycles.